The summed E-state index contributed by atoms with van der Waals surface area (Å²) in [5.74, 6) is -0.207. The zero-order chi connectivity index (χ0) is 11.8. The molecule has 4 heteroatoms. The van der Waals surface area contributed by atoms with Gasteiger partial charge in [0.1, 0.15) is 5.82 Å². The third-order valence-electron chi connectivity index (χ3n) is 3.13. The Morgan fingerprint density at radius 2 is 2.25 bits per heavy atom. The molecule has 2 rings (SSSR count). The molecule has 1 aromatic rings. The van der Waals surface area contributed by atoms with Gasteiger partial charge in [0, 0.05) is 12.1 Å². The molecule has 0 unspecified atom stereocenters. The molecule has 86 valence electrons. The van der Waals surface area contributed by atoms with Crippen LogP contribution in [-0.4, -0.2) is 28.1 Å². The molecule has 0 atom stereocenters. The summed E-state index contributed by atoms with van der Waals surface area (Å²) < 4.78 is 0. The third-order valence-corrected chi connectivity index (χ3v) is 3.13. The van der Waals surface area contributed by atoms with Crippen LogP contribution in [0.1, 0.15) is 37.2 Å². The Kier molecular flexibility index (Phi) is 2.58. The monoisotopic (exact) mass is 220 g/mol. The van der Waals surface area contributed by atoms with Crippen LogP contribution in [0.3, 0.4) is 0 Å². The van der Waals surface area contributed by atoms with Crippen molar-refractivity contribution in [3.63, 3.8) is 0 Å². The van der Waals surface area contributed by atoms with E-state index in [4.69, 9.17) is 5.11 Å². The zero-order valence-electron chi connectivity index (χ0n) is 9.60. The SMILES string of the molecule is CC1(C)CCCN1c1cccc(C(=O)O)n1. The van der Waals surface area contributed by atoms with E-state index in [-0.39, 0.29) is 11.2 Å². The fourth-order valence-corrected chi connectivity index (χ4v) is 2.22. The Morgan fingerprint density at radius 1 is 1.50 bits per heavy atom. The first-order chi connectivity index (χ1) is 7.50. The lowest BCUT2D eigenvalue weighted by molar-refractivity contribution is 0.0690. The predicted octanol–water partition coefficient (Wildman–Crippen LogP) is 2.16. The molecule has 1 aliphatic rings. The number of hydrogen-bond acceptors (Lipinski definition) is 3. The largest absolute Gasteiger partial charge is 0.477 e. The first-order valence-electron chi connectivity index (χ1n) is 5.49. The highest BCUT2D eigenvalue weighted by Gasteiger charge is 2.32. The van der Waals surface area contributed by atoms with Gasteiger partial charge in [-0.15, -0.1) is 0 Å². The molecular formula is C12H16N2O2. The maximum absolute atomic E-state index is 10.8. The second kappa shape index (κ2) is 3.77. The number of rotatable bonds is 2. The normalized spacial score (nSPS) is 18.8. The van der Waals surface area contributed by atoms with E-state index in [0.29, 0.717) is 0 Å². The lowest BCUT2D eigenvalue weighted by Crippen LogP contribution is -2.38. The molecule has 4 nitrogen and oxygen atoms in total. The molecule has 0 bridgehead atoms. The molecule has 0 radical (unpaired) electrons. The Balaban J connectivity index is 2.34. The van der Waals surface area contributed by atoms with E-state index < -0.39 is 5.97 Å². The van der Waals surface area contributed by atoms with Crippen LogP contribution in [0, 0.1) is 0 Å². The fraction of sp³-hybridized carbons (Fsp3) is 0.500. The third kappa shape index (κ3) is 1.87. The second-order valence-corrected chi connectivity index (χ2v) is 4.75. The van der Waals surface area contributed by atoms with Gasteiger partial charge in [-0.05, 0) is 38.8 Å². The van der Waals surface area contributed by atoms with Gasteiger partial charge in [0.05, 0.1) is 0 Å². The molecule has 2 heterocycles. The molecule has 1 aliphatic heterocycles. The summed E-state index contributed by atoms with van der Waals surface area (Å²) in [6.07, 6.45) is 2.25. The number of aromatic carboxylic acids is 1. The lowest BCUT2D eigenvalue weighted by Gasteiger charge is -2.32. The van der Waals surface area contributed by atoms with Crippen LogP contribution in [0.5, 0.6) is 0 Å². The number of anilines is 1. The van der Waals surface area contributed by atoms with Crippen molar-refractivity contribution in [2.75, 3.05) is 11.4 Å². The van der Waals surface area contributed by atoms with Gasteiger partial charge in [0.25, 0.3) is 0 Å². The topological polar surface area (TPSA) is 53.4 Å². The van der Waals surface area contributed by atoms with Gasteiger partial charge < -0.3 is 10.0 Å². The van der Waals surface area contributed by atoms with Gasteiger partial charge in [-0.2, -0.15) is 0 Å². The van der Waals surface area contributed by atoms with E-state index in [1.807, 2.05) is 6.07 Å². The maximum Gasteiger partial charge on any atom is 0.354 e. The second-order valence-electron chi connectivity index (χ2n) is 4.75. The van der Waals surface area contributed by atoms with Gasteiger partial charge >= 0.3 is 5.97 Å². The minimum Gasteiger partial charge on any atom is -0.477 e. The number of carbonyl (C=O) groups is 1. The molecule has 1 fully saturated rings. The summed E-state index contributed by atoms with van der Waals surface area (Å²) in [6.45, 7) is 5.27. The van der Waals surface area contributed by atoms with Crippen molar-refractivity contribution in [1.82, 2.24) is 4.98 Å². The van der Waals surface area contributed by atoms with Crippen molar-refractivity contribution in [3.05, 3.63) is 23.9 Å². The van der Waals surface area contributed by atoms with Crippen molar-refractivity contribution in [1.29, 1.82) is 0 Å². The van der Waals surface area contributed by atoms with Crippen LogP contribution in [-0.2, 0) is 0 Å². The minimum absolute atomic E-state index is 0.0735. The molecule has 1 N–H and O–H groups in total. The zero-order valence-corrected chi connectivity index (χ0v) is 9.60. The standard InChI is InChI=1S/C12H16N2O2/c1-12(2)7-4-8-14(12)10-6-3-5-9(13-10)11(15)16/h3,5-6H,4,7-8H2,1-2H3,(H,15,16). The summed E-state index contributed by atoms with van der Waals surface area (Å²) in [4.78, 5) is 17.2. The fourth-order valence-electron chi connectivity index (χ4n) is 2.22. The molecule has 0 aliphatic carbocycles. The van der Waals surface area contributed by atoms with Crippen LogP contribution in [0.15, 0.2) is 18.2 Å². The highest BCUT2D eigenvalue weighted by Crippen LogP contribution is 2.32. The van der Waals surface area contributed by atoms with Gasteiger partial charge in [-0.25, -0.2) is 9.78 Å². The van der Waals surface area contributed by atoms with E-state index in [2.05, 4.69) is 23.7 Å². The molecular weight excluding hydrogens is 204 g/mol. The van der Waals surface area contributed by atoms with Crippen molar-refractivity contribution >= 4 is 11.8 Å². The van der Waals surface area contributed by atoms with Crippen molar-refractivity contribution in [2.24, 2.45) is 0 Å². The highest BCUT2D eigenvalue weighted by atomic mass is 16.4. The van der Waals surface area contributed by atoms with E-state index in [0.717, 1.165) is 25.2 Å². The summed E-state index contributed by atoms with van der Waals surface area (Å²) in [6, 6.07) is 5.15. The number of hydrogen-bond donors (Lipinski definition) is 1. The number of carboxylic acids is 1. The average Bonchev–Trinajstić information content (AvgIpc) is 2.58. The van der Waals surface area contributed by atoms with Gasteiger partial charge in [-0.3, -0.25) is 0 Å². The Bertz CT molecular complexity index is 415. The Labute approximate surface area is 94.9 Å². The van der Waals surface area contributed by atoms with Crippen LogP contribution in [0.2, 0.25) is 0 Å². The Hall–Kier alpha value is -1.58. The van der Waals surface area contributed by atoms with Crippen molar-refractivity contribution in [3.8, 4) is 0 Å². The Morgan fingerprint density at radius 3 is 2.81 bits per heavy atom. The van der Waals surface area contributed by atoms with Crippen LogP contribution in [0.25, 0.3) is 0 Å². The quantitative estimate of drug-likeness (QED) is 0.829. The number of aromatic nitrogens is 1. The molecule has 0 aromatic carbocycles. The summed E-state index contributed by atoms with van der Waals surface area (Å²) in [5, 5.41) is 8.90. The molecule has 0 amide bonds. The van der Waals surface area contributed by atoms with Crippen molar-refractivity contribution < 1.29 is 9.90 Å². The predicted molar refractivity (Wildman–Crippen MR) is 61.9 cm³/mol. The minimum atomic E-state index is -0.973. The maximum atomic E-state index is 10.8. The summed E-state index contributed by atoms with van der Waals surface area (Å²) >= 11 is 0. The first-order valence-corrected chi connectivity index (χ1v) is 5.49. The molecule has 1 aromatic heterocycles. The van der Waals surface area contributed by atoms with Crippen molar-refractivity contribution in [2.45, 2.75) is 32.2 Å². The molecule has 16 heavy (non-hydrogen) atoms. The summed E-state index contributed by atoms with van der Waals surface area (Å²) in [7, 11) is 0. The van der Waals surface area contributed by atoms with E-state index in [1.54, 1.807) is 6.07 Å². The van der Waals surface area contributed by atoms with Crippen LogP contribution in [0.4, 0.5) is 5.82 Å². The highest BCUT2D eigenvalue weighted by molar-refractivity contribution is 5.85. The van der Waals surface area contributed by atoms with E-state index >= 15 is 0 Å². The first kappa shape index (κ1) is 10.9. The van der Waals surface area contributed by atoms with Crippen LogP contribution < -0.4 is 4.90 Å². The smallest absolute Gasteiger partial charge is 0.354 e. The van der Waals surface area contributed by atoms with Gasteiger partial charge in [-0.1, -0.05) is 6.07 Å². The number of carboxylic acid groups (broad SMARTS) is 1. The molecule has 0 spiro atoms. The molecule has 1 saturated heterocycles. The van der Waals surface area contributed by atoms with E-state index in [1.165, 1.54) is 6.07 Å². The summed E-state index contributed by atoms with van der Waals surface area (Å²) in [5.41, 5.74) is 0.185. The number of pyridine rings is 1. The van der Waals surface area contributed by atoms with Crippen LogP contribution >= 0.6 is 0 Å². The van der Waals surface area contributed by atoms with Gasteiger partial charge in [0.2, 0.25) is 0 Å². The lowest BCUT2D eigenvalue weighted by atomic mass is 10.0. The molecule has 0 saturated carbocycles. The van der Waals surface area contributed by atoms with E-state index in [9.17, 15) is 4.79 Å². The average molecular weight is 220 g/mol. The van der Waals surface area contributed by atoms with Gasteiger partial charge in [0.15, 0.2) is 5.69 Å². The number of nitrogens with zero attached hydrogens (tertiary/aromatic N) is 2.